The van der Waals surface area contributed by atoms with Crippen LogP contribution in [0.25, 0.3) is 0 Å². The first kappa shape index (κ1) is 18.4. The Morgan fingerprint density at radius 1 is 1.24 bits per heavy atom. The number of rotatable bonds is 10. The van der Waals surface area contributed by atoms with Gasteiger partial charge in [-0.05, 0) is 52.0 Å². The van der Waals surface area contributed by atoms with Crippen LogP contribution in [0.5, 0.6) is 0 Å². The Morgan fingerprint density at radius 2 is 2.05 bits per heavy atom. The molecule has 0 radical (unpaired) electrons. The average Bonchev–Trinajstić information content (AvgIpc) is 2.49. The Labute approximate surface area is 130 Å². The normalized spacial score (nSPS) is 23.2. The predicted molar refractivity (Wildman–Crippen MR) is 87.4 cm³/mol. The second-order valence-electron chi connectivity index (χ2n) is 6.32. The van der Waals surface area contributed by atoms with Crippen LogP contribution in [0.1, 0.15) is 58.8 Å². The van der Waals surface area contributed by atoms with Crippen LogP contribution in [0.4, 0.5) is 0 Å². The number of carbonyl (C=O) groups excluding carboxylic acids is 1. The summed E-state index contributed by atoms with van der Waals surface area (Å²) < 4.78 is 5.08. The van der Waals surface area contributed by atoms with E-state index in [1.54, 1.807) is 7.11 Å². The smallest absolute Gasteiger partial charge is 0.224 e. The lowest BCUT2D eigenvalue weighted by Gasteiger charge is -2.37. The fourth-order valence-corrected chi connectivity index (χ4v) is 2.98. The number of amides is 1. The van der Waals surface area contributed by atoms with Crippen molar-refractivity contribution in [2.45, 2.75) is 64.8 Å². The van der Waals surface area contributed by atoms with Gasteiger partial charge in [-0.1, -0.05) is 13.3 Å². The third-order valence-corrected chi connectivity index (χ3v) is 4.51. The standard InChI is InChI=1S/C17H34N2O2/c1-4-5-11-18-17(20)16-10-9-15(2)19(14-16)12-7-6-8-13-21-3/h15-16H,4-14H2,1-3H3,(H,18,20)/t15-,16+/m1/s1. The number of ether oxygens (including phenoxy) is 1. The van der Waals surface area contributed by atoms with Gasteiger partial charge in [-0.3, -0.25) is 9.69 Å². The van der Waals surface area contributed by atoms with Crippen molar-refractivity contribution in [1.29, 1.82) is 0 Å². The fraction of sp³-hybridized carbons (Fsp3) is 0.941. The molecule has 1 saturated heterocycles. The third kappa shape index (κ3) is 7.28. The minimum Gasteiger partial charge on any atom is -0.385 e. The van der Waals surface area contributed by atoms with Crippen LogP contribution in [-0.4, -0.2) is 50.2 Å². The Bertz CT molecular complexity index is 284. The van der Waals surface area contributed by atoms with Crippen molar-refractivity contribution >= 4 is 5.91 Å². The van der Waals surface area contributed by atoms with E-state index < -0.39 is 0 Å². The summed E-state index contributed by atoms with van der Waals surface area (Å²) in [6, 6.07) is 0.618. The van der Waals surface area contributed by atoms with Crippen molar-refractivity contribution in [3.63, 3.8) is 0 Å². The summed E-state index contributed by atoms with van der Waals surface area (Å²) in [6.45, 7) is 8.18. The number of hydrogen-bond donors (Lipinski definition) is 1. The topological polar surface area (TPSA) is 41.6 Å². The zero-order valence-corrected chi connectivity index (χ0v) is 14.2. The molecule has 0 bridgehead atoms. The van der Waals surface area contributed by atoms with E-state index in [-0.39, 0.29) is 11.8 Å². The molecule has 0 spiro atoms. The van der Waals surface area contributed by atoms with Gasteiger partial charge >= 0.3 is 0 Å². The molecule has 1 heterocycles. The lowest BCUT2D eigenvalue weighted by atomic mass is 9.92. The zero-order chi connectivity index (χ0) is 15.5. The molecule has 4 heteroatoms. The summed E-state index contributed by atoms with van der Waals surface area (Å²) in [5, 5.41) is 3.09. The molecule has 0 aliphatic carbocycles. The molecular formula is C17H34N2O2. The summed E-state index contributed by atoms with van der Waals surface area (Å²) in [7, 11) is 1.76. The molecule has 0 aromatic carbocycles. The summed E-state index contributed by atoms with van der Waals surface area (Å²) >= 11 is 0. The van der Waals surface area contributed by atoms with Crippen molar-refractivity contribution in [3.05, 3.63) is 0 Å². The number of nitrogens with zero attached hydrogens (tertiary/aromatic N) is 1. The van der Waals surface area contributed by atoms with Crippen molar-refractivity contribution in [2.75, 3.05) is 33.4 Å². The molecule has 0 unspecified atom stereocenters. The highest BCUT2D eigenvalue weighted by molar-refractivity contribution is 5.78. The lowest BCUT2D eigenvalue weighted by Crippen LogP contribution is -2.47. The lowest BCUT2D eigenvalue weighted by molar-refractivity contribution is -0.127. The summed E-state index contributed by atoms with van der Waals surface area (Å²) in [4.78, 5) is 14.7. The maximum atomic E-state index is 12.2. The first-order valence-corrected chi connectivity index (χ1v) is 8.69. The van der Waals surface area contributed by atoms with Gasteiger partial charge in [-0.2, -0.15) is 0 Å². The van der Waals surface area contributed by atoms with Gasteiger partial charge in [-0.15, -0.1) is 0 Å². The van der Waals surface area contributed by atoms with Gasteiger partial charge in [0.1, 0.15) is 0 Å². The molecule has 124 valence electrons. The van der Waals surface area contributed by atoms with Crippen molar-refractivity contribution in [2.24, 2.45) is 5.92 Å². The minimum absolute atomic E-state index is 0.192. The van der Waals surface area contributed by atoms with E-state index in [4.69, 9.17) is 4.74 Å². The monoisotopic (exact) mass is 298 g/mol. The van der Waals surface area contributed by atoms with E-state index in [9.17, 15) is 4.79 Å². The van der Waals surface area contributed by atoms with Gasteiger partial charge in [0.2, 0.25) is 5.91 Å². The molecule has 21 heavy (non-hydrogen) atoms. The molecule has 1 aliphatic heterocycles. The van der Waals surface area contributed by atoms with Crippen LogP contribution in [-0.2, 0) is 9.53 Å². The molecule has 2 atom stereocenters. The quantitative estimate of drug-likeness (QED) is 0.631. The number of hydrogen-bond acceptors (Lipinski definition) is 3. The number of carbonyl (C=O) groups is 1. The van der Waals surface area contributed by atoms with Gasteiger partial charge < -0.3 is 10.1 Å². The van der Waals surface area contributed by atoms with E-state index in [0.717, 1.165) is 58.3 Å². The third-order valence-electron chi connectivity index (χ3n) is 4.51. The summed E-state index contributed by atoms with van der Waals surface area (Å²) in [5.74, 6) is 0.455. The highest BCUT2D eigenvalue weighted by atomic mass is 16.5. The van der Waals surface area contributed by atoms with Crippen LogP contribution in [0.3, 0.4) is 0 Å². The fourth-order valence-electron chi connectivity index (χ4n) is 2.98. The maximum Gasteiger partial charge on any atom is 0.224 e. The molecule has 1 rings (SSSR count). The van der Waals surface area contributed by atoms with Crippen molar-refractivity contribution < 1.29 is 9.53 Å². The van der Waals surface area contributed by atoms with Crippen LogP contribution in [0, 0.1) is 5.92 Å². The highest BCUT2D eigenvalue weighted by Gasteiger charge is 2.29. The molecule has 1 fully saturated rings. The van der Waals surface area contributed by atoms with Crippen molar-refractivity contribution in [1.82, 2.24) is 10.2 Å². The van der Waals surface area contributed by atoms with Crippen LogP contribution in [0.15, 0.2) is 0 Å². The molecule has 1 amide bonds. The first-order valence-electron chi connectivity index (χ1n) is 8.69. The van der Waals surface area contributed by atoms with Crippen LogP contribution >= 0.6 is 0 Å². The van der Waals surface area contributed by atoms with E-state index in [1.165, 1.54) is 12.8 Å². The zero-order valence-electron chi connectivity index (χ0n) is 14.2. The second kappa shape index (κ2) is 11.0. The number of methoxy groups -OCH3 is 1. The number of piperidine rings is 1. The Morgan fingerprint density at radius 3 is 2.76 bits per heavy atom. The van der Waals surface area contributed by atoms with Crippen molar-refractivity contribution in [3.8, 4) is 0 Å². The molecule has 0 aromatic rings. The molecule has 4 nitrogen and oxygen atoms in total. The molecule has 1 N–H and O–H groups in total. The van der Waals surface area contributed by atoms with E-state index in [0.29, 0.717) is 6.04 Å². The minimum atomic E-state index is 0.192. The molecule has 0 aromatic heterocycles. The van der Waals surface area contributed by atoms with E-state index in [1.807, 2.05) is 0 Å². The SMILES string of the molecule is CCCCNC(=O)[C@H]1CC[C@@H](C)N(CCCCCOC)C1. The van der Waals surface area contributed by atoms with E-state index >= 15 is 0 Å². The highest BCUT2D eigenvalue weighted by Crippen LogP contribution is 2.22. The molecular weight excluding hydrogens is 264 g/mol. The van der Waals surface area contributed by atoms with Gasteiger partial charge in [0, 0.05) is 32.8 Å². The Kier molecular flexibility index (Phi) is 9.68. The van der Waals surface area contributed by atoms with Gasteiger partial charge in [0.15, 0.2) is 0 Å². The number of unbranched alkanes of at least 4 members (excludes halogenated alkanes) is 3. The Balaban J connectivity index is 2.27. The van der Waals surface area contributed by atoms with Gasteiger partial charge in [0.05, 0.1) is 5.92 Å². The van der Waals surface area contributed by atoms with E-state index in [2.05, 4.69) is 24.1 Å². The Hall–Kier alpha value is -0.610. The number of nitrogens with one attached hydrogen (secondary N) is 1. The summed E-state index contributed by atoms with van der Waals surface area (Å²) in [6.07, 6.45) is 7.96. The predicted octanol–water partition coefficient (Wildman–Crippen LogP) is 2.82. The van der Waals surface area contributed by atoms with Crippen LogP contribution < -0.4 is 5.32 Å². The molecule has 1 aliphatic rings. The number of likely N-dealkylation sites (tertiary alicyclic amines) is 1. The van der Waals surface area contributed by atoms with Gasteiger partial charge in [0.25, 0.3) is 0 Å². The maximum absolute atomic E-state index is 12.2. The largest absolute Gasteiger partial charge is 0.385 e. The average molecular weight is 298 g/mol. The van der Waals surface area contributed by atoms with Gasteiger partial charge in [-0.25, -0.2) is 0 Å². The second-order valence-corrected chi connectivity index (χ2v) is 6.32. The van der Waals surface area contributed by atoms with Crippen LogP contribution in [0.2, 0.25) is 0 Å². The summed E-state index contributed by atoms with van der Waals surface area (Å²) in [5.41, 5.74) is 0. The molecule has 0 saturated carbocycles. The first-order chi connectivity index (χ1) is 10.2.